The number of carbonyl (C=O) groups is 2. The van der Waals surface area contributed by atoms with E-state index in [0.29, 0.717) is 12.0 Å². The summed E-state index contributed by atoms with van der Waals surface area (Å²) < 4.78 is 0. The Morgan fingerprint density at radius 3 is 2.56 bits per heavy atom. The fourth-order valence-corrected chi connectivity index (χ4v) is 1.42. The lowest BCUT2D eigenvalue weighted by atomic mass is 10.1. The quantitative estimate of drug-likeness (QED) is 0.791. The highest BCUT2D eigenvalue weighted by molar-refractivity contribution is 5.97. The number of Topliss-reactive ketones (excluding diaryl/α,β-unsaturated/α-hetero) is 1. The summed E-state index contributed by atoms with van der Waals surface area (Å²) in [6.45, 7) is 5.38. The summed E-state index contributed by atoms with van der Waals surface area (Å²) in [7, 11) is 0. The van der Waals surface area contributed by atoms with Gasteiger partial charge in [0.25, 0.3) is 0 Å². The highest BCUT2D eigenvalue weighted by Crippen LogP contribution is 2.17. The molecule has 0 aromatic heterocycles. The molecule has 0 atom stereocenters. The second-order valence-electron chi connectivity index (χ2n) is 3.88. The van der Waals surface area contributed by atoms with E-state index < -0.39 is 0 Å². The molecule has 0 unspecified atom stereocenters. The Labute approximate surface area is 95.9 Å². The first kappa shape index (κ1) is 12.4. The summed E-state index contributed by atoms with van der Waals surface area (Å²) in [6, 6.07) is 5.34. The zero-order valence-electron chi connectivity index (χ0n) is 9.96. The number of hydrogen-bond acceptors (Lipinski definition) is 2. The monoisotopic (exact) mass is 219 g/mol. The molecule has 0 saturated carbocycles. The molecule has 0 heterocycles. The van der Waals surface area contributed by atoms with Gasteiger partial charge in [0.1, 0.15) is 0 Å². The molecule has 0 aliphatic heterocycles. The topological polar surface area (TPSA) is 46.2 Å². The first-order chi connectivity index (χ1) is 7.54. The molecule has 0 spiro atoms. The summed E-state index contributed by atoms with van der Waals surface area (Å²) in [4.78, 5) is 22.7. The highest BCUT2D eigenvalue weighted by atomic mass is 16.1. The Morgan fingerprint density at radius 2 is 2.00 bits per heavy atom. The average Bonchev–Trinajstić information content (AvgIpc) is 2.21. The Kier molecular flexibility index (Phi) is 4.23. The van der Waals surface area contributed by atoms with Crippen LogP contribution in [-0.4, -0.2) is 11.7 Å². The van der Waals surface area contributed by atoms with Gasteiger partial charge in [0.2, 0.25) is 5.91 Å². The van der Waals surface area contributed by atoms with E-state index in [2.05, 4.69) is 5.32 Å². The van der Waals surface area contributed by atoms with Crippen molar-refractivity contribution in [2.75, 3.05) is 5.32 Å². The van der Waals surface area contributed by atoms with Gasteiger partial charge in [-0.2, -0.15) is 0 Å². The lowest BCUT2D eigenvalue weighted by Crippen LogP contribution is -2.12. The van der Waals surface area contributed by atoms with Crippen molar-refractivity contribution in [3.05, 3.63) is 29.3 Å². The average molecular weight is 219 g/mol. The van der Waals surface area contributed by atoms with Gasteiger partial charge in [-0.25, -0.2) is 0 Å². The molecule has 0 saturated heterocycles. The second-order valence-corrected chi connectivity index (χ2v) is 3.88. The van der Waals surface area contributed by atoms with Crippen molar-refractivity contribution >= 4 is 17.4 Å². The van der Waals surface area contributed by atoms with Crippen LogP contribution < -0.4 is 5.32 Å². The van der Waals surface area contributed by atoms with E-state index in [4.69, 9.17) is 0 Å². The normalized spacial score (nSPS) is 9.94. The minimum atomic E-state index is -0.00805. The van der Waals surface area contributed by atoms with E-state index >= 15 is 0 Å². The van der Waals surface area contributed by atoms with Crippen molar-refractivity contribution in [2.45, 2.75) is 33.6 Å². The van der Waals surface area contributed by atoms with Crippen molar-refractivity contribution in [1.29, 1.82) is 0 Å². The van der Waals surface area contributed by atoms with Crippen LogP contribution in [0.4, 0.5) is 5.69 Å². The van der Waals surface area contributed by atoms with Crippen LogP contribution in [0.5, 0.6) is 0 Å². The third kappa shape index (κ3) is 3.19. The second kappa shape index (κ2) is 5.45. The van der Waals surface area contributed by atoms with Crippen LogP contribution in [0.3, 0.4) is 0 Å². The van der Waals surface area contributed by atoms with Crippen molar-refractivity contribution in [3.8, 4) is 0 Å². The minimum absolute atomic E-state index is 0.00555. The molecule has 16 heavy (non-hydrogen) atoms. The van der Waals surface area contributed by atoms with E-state index in [0.717, 1.165) is 17.7 Å². The molecule has 0 aliphatic rings. The van der Waals surface area contributed by atoms with Crippen LogP contribution in [0, 0.1) is 6.92 Å². The number of hydrogen-bond donors (Lipinski definition) is 1. The summed E-state index contributed by atoms with van der Waals surface area (Å²) in [5.74, 6) is -0.00251. The summed E-state index contributed by atoms with van der Waals surface area (Å²) in [5, 5.41) is 2.82. The van der Waals surface area contributed by atoms with Crippen LogP contribution in [0.25, 0.3) is 0 Å². The van der Waals surface area contributed by atoms with Crippen LogP contribution in [0.15, 0.2) is 18.2 Å². The van der Waals surface area contributed by atoms with Gasteiger partial charge in [0.05, 0.1) is 0 Å². The molecule has 1 N–H and O–H groups in total. The number of aryl methyl sites for hydroxylation is 1. The smallest absolute Gasteiger partial charge is 0.224 e. The molecule has 0 aliphatic carbocycles. The van der Waals surface area contributed by atoms with Crippen LogP contribution >= 0.6 is 0 Å². The van der Waals surface area contributed by atoms with E-state index in [-0.39, 0.29) is 11.7 Å². The zero-order valence-corrected chi connectivity index (χ0v) is 9.96. The van der Waals surface area contributed by atoms with Crippen molar-refractivity contribution in [2.24, 2.45) is 0 Å². The molecular weight excluding hydrogens is 202 g/mol. The molecule has 86 valence electrons. The fraction of sp³-hybridized carbons (Fsp3) is 0.385. The maximum Gasteiger partial charge on any atom is 0.224 e. The molecule has 1 aromatic carbocycles. The maximum atomic E-state index is 11.4. The molecule has 0 fully saturated rings. The molecule has 1 rings (SSSR count). The van der Waals surface area contributed by atoms with Crippen molar-refractivity contribution < 1.29 is 9.59 Å². The Bertz CT molecular complexity index is 410. The van der Waals surface area contributed by atoms with Gasteiger partial charge in [-0.15, -0.1) is 0 Å². The standard InChI is InChI=1S/C13H17NO2/c1-4-5-13(16)14-12-8-11(10(3)15)7-6-9(12)2/h6-8H,4-5H2,1-3H3,(H,14,16). The van der Waals surface area contributed by atoms with E-state index in [9.17, 15) is 9.59 Å². The molecule has 0 radical (unpaired) electrons. The third-order valence-electron chi connectivity index (χ3n) is 2.40. The lowest BCUT2D eigenvalue weighted by Gasteiger charge is -2.09. The van der Waals surface area contributed by atoms with Gasteiger partial charge in [-0.05, 0) is 31.9 Å². The molecule has 0 bridgehead atoms. The summed E-state index contributed by atoms with van der Waals surface area (Å²) in [5.41, 5.74) is 2.32. The van der Waals surface area contributed by atoms with Gasteiger partial charge in [-0.3, -0.25) is 9.59 Å². The highest BCUT2D eigenvalue weighted by Gasteiger charge is 2.06. The van der Waals surface area contributed by atoms with Gasteiger partial charge in [0, 0.05) is 17.7 Å². The van der Waals surface area contributed by atoms with E-state index in [1.807, 2.05) is 19.9 Å². The Morgan fingerprint density at radius 1 is 1.31 bits per heavy atom. The SMILES string of the molecule is CCCC(=O)Nc1cc(C(C)=O)ccc1C. The molecule has 3 nitrogen and oxygen atoms in total. The third-order valence-corrected chi connectivity index (χ3v) is 2.40. The van der Waals surface area contributed by atoms with E-state index in [1.165, 1.54) is 6.92 Å². The van der Waals surface area contributed by atoms with Gasteiger partial charge >= 0.3 is 0 Å². The number of amides is 1. The van der Waals surface area contributed by atoms with E-state index in [1.54, 1.807) is 12.1 Å². The van der Waals surface area contributed by atoms with Gasteiger partial charge in [-0.1, -0.05) is 19.1 Å². The number of ketones is 1. The Balaban J connectivity index is 2.90. The largest absolute Gasteiger partial charge is 0.326 e. The molecule has 1 aromatic rings. The lowest BCUT2D eigenvalue weighted by molar-refractivity contribution is -0.116. The number of anilines is 1. The van der Waals surface area contributed by atoms with Gasteiger partial charge in [0.15, 0.2) is 5.78 Å². The molecular formula is C13H17NO2. The number of nitrogens with one attached hydrogen (secondary N) is 1. The molecule has 3 heteroatoms. The number of carbonyl (C=O) groups excluding carboxylic acids is 2. The minimum Gasteiger partial charge on any atom is -0.326 e. The summed E-state index contributed by atoms with van der Waals surface area (Å²) in [6.07, 6.45) is 1.32. The number of rotatable bonds is 4. The van der Waals surface area contributed by atoms with Gasteiger partial charge < -0.3 is 5.32 Å². The predicted octanol–water partition coefficient (Wildman–Crippen LogP) is 2.94. The first-order valence-electron chi connectivity index (χ1n) is 5.46. The van der Waals surface area contributed by atoms with Crippen LogP contribution in [0.2, 0.25) is 0 Å². The maximum absolute atomic E-state index is 11.4. The van der Waals surface area contributed by atoms with Crippen molar-refractivity contribution in [3.63, 3.8) is 0 Å². The van der Waals surface area contributed by atoms with Crippen molar-refractivity contribution in [1.82, 2.24) is 0 Å². The fourth-order valence-electron chi connectivity index (χ4n) is 1.42. The summed E-state index contributed by atoms with van der Waals surface area (Å²) >= 11 is 0. The predicted molar refractivity (Wildman–Crippen MR) is 64.7 cm³/mol. The zero-order chi connectivity index (χ0) is 12.1. The van der Waals surface area contributed by atoms with Crippen LogP contribution in [0.1, 0.15) is 42.6 Å². The van der Waals surface area contributed by atoms with Crippen LogP contribution in [-0.2, 0) is 4.79 Å². The molecule has 1 amide bonds. The number of benzene rings is 1. The Hall–Kier alpha value is -1.64. The first-order valence-corrected chi connectivity index (χ1v) is 5.46.